The van der Waals surface area contributed by atoms with Crippen molar-refractivity contribution in [2.45, 2.75) is 13.0 Å². The fourth-order valence-corrected chi connectivity index (χ4v) is 2.11. The van der Waals surface area contributed by atoms with E-state index in [9.17, 15) is 4.79 Å². The molecule has 1 N–H and O–H groups in total. The van der Waals surface area contributed by atoms with Gasteiger partial charge in [0.1, 0.15) is 0 Å². The second-order valence-electron chi connectivity index (χ2n) is 4.66. The minimum atomic E-state index is -0.0468. The van der Waals surface area contributed by atoms with Gasteiger partial charge in [-0.1, -0.05) is 0 Å². The molecule has 3 heterocycles. The smallest absolute Gasteiger partial charge is 0.262 e. The summed E-state index contributed by atoms with van der Waals surface area (Å²) in [5.74, 6) is 0. The van der Waals surface area contributed by atoms with Gasteiger partial charge in [-0.05, 0) is 24.6 Å². The Morgan fingerprint density at radius 1 is 1.14 bits per heavy atom. The van der Waals surface area contributed by atoms with Gasteiger partial charge in [-0.25, -0.2) is 4.98 Å². The lowest BCUT2D eigenvalue weighted by Gasteiger charge is -2.08. The molecule has 0 saturated heterocycles. The van der Waals surface area contributed by atoms with Gasteiger partial charge in [-0.2, -0.15) is 0 Å². The summed E-state index contributed by atoms with van der Waals surface area (Å²) in [6, 6.07) is 5.58. The van der Waals surface area contributed by atoms with Crippen LogP contribution in [0.3, 0.4) is 0 Å². The highest BCUT2D eigenvalue weighted by Gasteiger charge is 2.03. The van der Waals surface area contributed by atoms with Crippen molar-refractivity contribution < 1.29 is 0 Å². The molecule has 0 radical (unpaired) electrons. The summed E-state index contributed by atoms with van der Waals surface area (Å²) in [6.45, 7) is 1.38. The molecule has 3 rings (SSSR count). The van der Waals surface area contributed by atoms with Gasteiger partial charge in [0.25, 0.3) is 5.56 Å². The van der Waals surface area contributed by atoms with Crippen molar-refractivity contribution in [1.29, 1.82) is 0 Å². The first-order chi connectivity index (χ1) is 10.3. The minimum Gasteiger partial charge on any atom is -0.384 e. The van der Waals surface area contributed by atoms with E-state index in [1.165, 1.54) is 0 Å². The lowest BCUT2D eigenvalue weighted by molar-refractivity contribution is 0.633. The van der Waals surface area contributed by atoms with Crippen molar-refractivity contribution in [3.05, 3.63) is 59.7 Å². The molecule has 0 spiro atoms. The second-order valence-corrected chi connectivity index (χ2v) is 4.66. The maximum atomic E-state index is 12.2. The van der Waals surface area contributed by atoms with Crippen LogP contribution in [-0.4, -0.2) is 26.1 Å². The van der Waals surface area contributed by atoms with Gasteiger partial charge in [-0.3, -0.25) is 19.3 Å². The van der Waals surface area contributed by atoms with Crippen LogP contribution in [0.25, 0.3) is 10.9 Å². The van der Waals surface area contributed by atoms with Crippen LogP contribution in [-0.2, 0) is 6.54 Å². The van der Waals surface area contributed by atoms with Crippen LogP contribution in [0.4, 0.5) is 5.69 Å². The summed E-state index contributed by atoms with van der Waals surface area (Å²) >= 11 is 0. The highest BCUT2D eigenvalue weighted by Crippen LogP contribution is 2.04. The van der Waals surface area contributed by atoms with Crippen molar-refractivity contribution in [2.75, 3.05) is 11.9 Å². The average molecular weight is 281 g/mol. The molecule has 0 aliphatic heterocycles. The molecule has 0 bridgehead atoms. The van der Waals surface area contributed by atoms with Crippen molar-refractivity contribution in [2.24, 2.45) is 0 Å². The zero-order valence-electron chi connectivity index (χ0n) is 11.4. The molecule has 0 aliphatic carbocycles. The quantitative estimate of drug-likeness (QED) is 0.720. The van der Waals surface area contributed by atoms with Gasteiger partial charge in [0.15, 0.2) is 0 Å². The highest BCUT2D eigenvalue weighted by atomic mass is 16.1. The van der Waals surface area contributed by atoms with Gasteiger partial charge in [0, 0.05) is 37.9 Å². The molecule has 0 amide bonds. The van der Waals surface area contributed by atoms with Gasteiger partial charge in [-0.15, -0.1) is 0 Å². The van der Waals surface area contributed by atoms with E-state index in [0.717, 1.165) is 18.7 Å². The van der Waals surface area contributed by atoms with Gasteiger partial charge in [0.05, 0.1) is 22.9 Å². The van der Waals surface area contributed by atoms with Crippen molar-refractivity contribution >= 4 is 16.6 Å². The Bertz CT molecular complexity index is 785. The van der Waals surface area contributed by atoms with Crippen molar-refractivity contribution in [1.82, 2.24) is 19.5 Å². The summed E-state index contributed by atoms with van der Waals surface area (Å²) in [5.41, 5.74) is 1.61. The fraction of sp³-hybridized carbons (Fsp3) is 0.200. The number of nitrogens with zero attached hydrogens (tertiary/aromatic N) is 4. The topological polar surface area (TPSA) is 72.7 Å². The van der Waals surface area contributed by atoms with E-state index in [0.29, 0.717) is 17.4 Å². The van der Waals surface area contributed by atoms with Crippen LogP contribution in [0.5, 0.6) is 0 Å². The Morgan fingerprint density at radius 3 is 2.90 bits per heavy atom. The Morgan fingerprint density at radius 2 is 2.05 bits per heavy atom. The number of hydrogen-bond donors (Lipinski definition) is 1. The molecule has 0 aromatic carbocycles. The summed E-state index contributed by atoms with van der Waals surface area (Å²) < 4.78 is 1.62. The molecule has 0 aliphatic rings. The van der Waals surface area contributed by atoms with E-state index in [1.54, 1.807) is 41.7 Å². The normalized spacial score (nSPS) is 10.7. The molecule has 0 atom stereocenters. The first kappa shape index (κ1) is 13.2. The maximum Gasteiger partial charge on any atom is 0.262 e. The molecule has 0 unspecified atom stereocenters. The predicted molar refractivity (Wildman–Crippen MR) is 81.1 cm³/mol. The SMILES string of the molecule is O=c1c2cnccc2ncn1CCCNc1cccnc1. The Kier molecular flexibility index (Phi) is 3.86. The molecular weight excluding hydrogens is 266 g/mol. The van der Waals surface area contributed by atoms with Crippen LogP contribution >= 0.6 is 0 Å². The van der Waals surface area contributed by atoms with Crippen molar-refractivity contribution in [3.63, 3.8) is 0 Å². The third kappa shape index (κ3) is 3.05. The Hall–Kier alpha value is -2.76. The van der Waals surface area contributed by atoms with Crippen LogP contribution in [0.1, 0.15) is 6.42 Å². The molecule has 3 aromatic heterocycles. The number of fused-ring (bicyclic) bond motifs is 1. The van der Waals surface area contributed by atoms with Crippen LogP contribution in [0.15, 0.2) is 54.1 Å². The highest BCUT2D eigenvalue weighted by molar-refractivity contribution is 5.75. The first-order valence-corrected chi connectivity index (χ1v) is 6.78. The zero-order valence-corrected chi connectivity index (χ0v) is 11.4. The molecule has 6 nitrogen and oxygen atoms in total. The number of rotatable bonds is 5. The van der Waals surface area contributed by atoms with Crippen LogP contribution < -0.4 is 10.9 Å². The number of pyridine rings is 2. The number of aryl methyl sites for hydroxylation is 1. The Labute approximate surface area is 121 Å². The third-order valence-electron chi connectivity index (χ3n) is 3.19. The molecule has 0 saturated carbocycles. The van der Waals surface area contributed by atoms with Crippen LogP contribution in [0.2, 0.25) is 0 Å². The summed E-state index contributed by atoms with van der Waals surface area (Å²) in [7, 11) is 0. The summed E-state index contributed by atoms with van der Waals surface area (Å²) in [5, 5.41) is 3.82. The molecule has 3 aromatic rings. The lowest BCUT2D eigenvalue weighted by atomic mass is 10.3. The Balaban J connectivity index is 1.63. The monoisotopic (exact) mass is 281 g/mol. The largest absolute Gasteiger partial charge is 0.384 e. The zero-order chi connectivity index (χ0) is 14.5. The van der Waals surface area contributed by atoms with E-state index in [1.807, 2.05) is 12.1 Å². The maximum absolute atomic E-state index is 12.2. The third-order valence-corrected chi connectivity index (χ3v) is 3.19. The minimum absolute atomic E-state index is 0.0468. The fourth-order valence-electron chi connectivity index (χ4n) is 2.11. The summed E-state index contributed by atoms with van der Waals surface area (Å²) in [4.78, 5) is 24.5. The van der Waals surface area contributed by atoms with E-state index in [4.69, 9.17) is 0 Å². The van der Waals surface area contributed by atoms with E-state index < -0.39 is 0 Å². The molecule has 21 heavy (non-hydrogen) atoms. The predicted octanol–water partition coefficient (Wildman–Crippen LogP) is 1.69. The summed E-state index contributed by atoms with van der Waals surface area (Å²) in [6.07, 6.45) is 9.12. The lowest BCUT2D eigenvalue weighted by Crippen LogP contribution is -2.22. The number of nitrogens with one attached hydrogen (secondary N) is 1. The van der Waals surface area contributed by atoms with Gasteiger partial charge >= 0.3 is 0 Å². The van der Waals surface area contributed by atoms with E-state index in [-0.39, 0.29) is 5.56 Å². The second kappa shape index (κ2) is 6.13. The van der Waals surface area contributed by atoms with E-state index in [2.05, 4.69) is 20.3 Å². The van der Waals surface area contributed by atoms with Crippen molar-refractivity contribution in [3.8, 4) is 0 Å². The number of anilines is 1. The standard InChI is InChI=1S/C15H15N5O/c21-15-13-10-17-7-4-14(13)19-11-20(15)8-2-6-18-12-3-1-5-16-9-12/h1,3-5,7,9-11,18H,2,6,8H2. The van der Waals surface area contributed by atoms with Gasteiger partial charge in [0.2, 0.25) is 0 Å². The molecule has 6 heteroatoms. The first-order valence-electron chi connectivity index (χ1n) is 6.78. The van der Waals surface area contributed by atoms with Crippen LogP contribution in [0, 0.1) is 0 Å². The average Bonchev–Trinajstić information content (AvgIpc) is 2.55. The molecule has 106 valence electrons. The number of aromatic nitrogens is 4. The van der Waals surface area contributed by atoms with Gasteiger partial charge < -0.3 is 5.32 Å². The molecular formula is C15H15N5O. The molecule has 0 fully saturated rings. The van der Waals surface area contributed by atoms with E-state index >= 15 is 0 Å². The number of hydrogen-bond acceptors (Lipinski definition) is 5.